The first kappa shape index (κ1) is 30.2. The van der Waals surface area contributed by atoms with Crippen molar-refractivity contribution in [3.63, 3.8) is 0 Å². The fourth-order valence-electron chi connectivity index (χ4n) is 3.90. The molecule has 10 heteroatoms. The molecule has 3 rings (SSSR count). The molecule has 0 aliphatic rings. The molecule has 0 radical (unpaired) electrons. The average molecular weight is 617 g/mol. The van der Waals surface area contributed by atoms with Crippen LogP contribution in [0.2, 0.25) is 0 Å². The van der Waals surface area contributed by atoms with Crippen LogP contribution in [0.5, 0.6) is 5.75 Å². The number of hydrogen-bond donors (Lipinski definition) is 1. The molecule has 0 bridgehead atoms. The summed E-state index contributed by atoms with van der Waals surface area (Å²) in [7, 11) is -2.52. The second kappa shape index (κ2) is 14.1. The standard InChI is InChI=1S/C29H34BrN3O5S/c1-4-5-19-31-29(35)22(2)32(20-23-11-17-26(38-3)18-12-23)28(34)21-33(25-15-13-24(30)14-16-25)39(36,37)27-9-7-6-8-10-27/h6-18,22H,4-5,19-21H2,1-3H3,(H,31,35)/t22-/m1/s1. The van der Waals surface area contributed by atoms with E-state index >= 15 is 0 Å². The van der Waals surface area contributed by atoms with Gasteiger partial charge in [-0.15, -0.1) is 0 Å². The van der Waals surface area contributed by atoms with Gasteiger partial charge in [-0.25, -0.2) is 8.42 Å². The Labute approximate surface area is 239 Å². The third-order valence-corrected chi connectivity index (χ3v) is 8.55. The van der Waals surface area contributed by atoms with Crippen LogP contribution in [0.3, 0.4) is 0 Å². The predicted molar refractivity (Wildman–Crippen MR) is 156 cm³/mol. The molecule has 0 aromatic heterocycles. The zero-order valence-corrected chi connectivity index (χ0v) is 24.7. The number of anilines is 1. The van der Waals surface area contributed by atoms with Crippen molar-refractivity contribution in [2.75, 3.05) is 24.5 Å². The van der Waals surface area contributed by atoms with Crippen LogP contribution in [-0.4, -0.2) is 51.4 Å². The van der Waals surface area contributed by atoms with Crippen molar-refractivity contribution in [2.24, 2.45) is 0 Å². The summed E-state index contributed by atoms with van der Waals surface area (Å²) in [5.74, 6) is -0.143. The van der Waals surface area contributed by atoms with Crippen LogP contribution in [0.1, 0.15) is 32.3 Å². The lowest BCUT2D eigenvalue weighted by Gasteiger charge is -2.32. The molecule has 0 heterocycles. The summed E-state index contributed by atoms with van der Waals surface area (Å²) in [5.41, 5.74) is 1.11. The molecule has 0 aliphatic carbocycles. The van der Waals surface area contributed by atoms with Gasteiger partial charge >= 0.3 is 0 Å². The second-order valence-corrected chi connectivity index (χ2v) is 11.8. The zero-order chi connectivity index (χ0) is 28.4. The quantitative estimate of drug-likeness (QED) is 0.273. The number of ether oxygens (including phenoxy) is 1. The van der Waals surface area contributed by atoms with Crippen molar-refractivity contribution >= 4 is 43.5 Å². The second-order valence-electron chi connectivity index (χ2n) is 8.99. The lowest BCUT2D eigenvalue weighted by atomic mass is 10.1. The molecule has 3 aromatic carbocycles. The Hall–Kier alpha value is -3.37. The van der Waals surface area contributed by atoms with Gasteiger partial charge in [0.15, 0.2) is 0 Å². The van der Waals surface area contributed by atoms with E-state index in [1.54, 1.807) is 68.6 Å². The maximum Gasteiger partial charge on any atom is 0.264 e. The van der Waals surface area contributed by atoms with Gasteiger partial charge in [-0.3, -0.25) is 13.9 Å². The van der Waals surface area contributed by atoms with E-state index in [1.165, 1.54) is 17.0 Å². The van der Waals surface area contributed by atoms with E-state index in [9.17, 15) is 18.0 Å². The van der Waals surface area contributed by atoms with Crippen LogP contribution >= 0.6 is 15.9 Å². The number of carbonyl (C=O) groups is 2. The number of nitrogens with zero attached hydrogens (tertiary/aromatic N) is 2. The average Bonchev–Trinajstić information content (AvgIpc) is 2.95. The van der Waals surface area contributed by atoms with Crippen molar-refractivity contribution in [2.45, 2.75) is 44.2 Å². The molecule has 0 saturated carbocycles. The largest absolute Gasteiger partial charge is 0.497 e. The van der Waals surface area contributed by atoms with Gasteiger partial charge < -0.3 is 15.0 Å². The summed E-state index contributed by atoms with van der Waals surface area (Å²) in [6, 6.07) is 21.0. The van der Waals surface area contributed by atoms with E-state index < -0.39 is 28.5 Å². The molecule has 2 amide bonds. The van der Waals surface area contributed by atoms with Crippen LogP contribution < -0.4 is 14.4 Å². The van der Waals surface area contributed by atoms with Gasteiger partial charge in [-0.1, -0.05) is 59.6 Å². The van der Waals surface area contributed by atoms with Crippen molar-refractivity contribution in [1.82, 2.24) is 10.2 Å². The Morgan fingerprint density at radius 2 is 1.62 bits per heavy atom. The molecule has 1 N–H and O–H groups in total. The van der Waals surface area contributed by atoms with E-state index in [4.69, 9.17) is 4.74 Å². The summed E-state index contributed by atoms with van der Waals surface area (Å²) in [4.78, 5) is 28.4. The maximum atomic E-state index is 13.9. The monoisotopic (exact) mass is 615 g/mol. The van der Waals surface area contributed by atoms with Gasteiger partial charge in [-0.05, 0) is 67.4 Å². The minimum atomic E-state index is -4.09. The smallest absolute Gasteiger partial charge is 0.264 e. The Morgan fingerprint density at radius 1 is 0.974 bits per heavy atom. The summed E-state index contributed by atoms with van der Waals surface area (Å²) in [5, 5.41) is 2.88. The fraction of sp³-hybridized carbons (Fsp3) is 0.310. The van der Waals surface area contributed by atoms with E-state index in [0.29, 0.717) is 18.0 Å². The number of unbranched alkanes of at least 4 members (excludes halogenated alkanes) is 1. The number of benzene rings is 3. The number of sulfonamides is 1. The topological polar surface area (TPSA) is 96.0 Å². The van der Waals surface area contributed by atoms with Crippen LogP contribution in [0.4, 0.5) is 5.69 Å². The molecule has 0 fully saturated rings. The Kier molecular flexibility index (Phi) is 10.9. The van der Waals surface area contributed by atoms with Gasteiger partial charge in [0.25, 0.3) is 10.0 Å². The number of hydrogen-bond acceptors (Lipinski definition) is 5. The number of methoxy groups -OCH3 is 1. The third-order valence-electron chi connectivity index (χ3n) is 6.23. The Morgan fingerprint density at radius 3 is 2.21 bits per heavy atom. The number of carbonyl (C=O) groups excluding carboxylic acids is 2. The van der Waals surface area contributed by atoms with E-state index in [0.717, 1.165) is 27.2 Å². The predicted octanol–water partition coefficient (Wildman–Crippen LogP) is 4.99. The van der Waals surface area contributed by atoms with Gasteiger partial charge in [0.1, 0.15) is 18.3 Å². The number of amides is 2. The van der Waals surface area contributed by atoms with Crippen molar-refractivity contribution in [1.29, 1.82) is 0 Å². The van der Waals surface area contributed by atoms with Gasteiger partial charge in [0.2, 0.25) is 11.8 Å². The zero-order valence-electron chi connectivity index (χ0n) is 22.3. The first-order chi connectivity index (χ1) is 18.7. The minimum Gasteiger partial charge on any atom is -0.497 e. The van der Waals surface area contributed by atoms with Gasteiger partial charge in [0, 0.05) is 17.6 Å². The molecule has 0 unspecified atom stereocenters. The molecule has 3 aromatic rings. The lowest BCUT2D eigenvalue weighted by Crippen LogP contribution is -2.51. The summed E-state index contributed by atoms with van der Waals surface area (Å²) in [6.07, 6.45) is 1.74. The number of nitrogens with one attached hydrogen (secondary N) is 1. The molecule has 1 atom stereocenters. The molecule has 0 aliphatic heterocycles. The first-order valence-corrected chi connectivity index (χ1v) is 14.9. The number of rotatable bonds is 13. The first-order valence-electron chi connectivity index (χ1n) is 12.7. The summed E-state index contributed by atoms with van der Waals surface area (Å²) in [6.45, 7) is 3.81. The maximum absolute atomic E-state index is 13.9. The highest BCUT2D eigenvalue weighted by Crippen LogP contribution is 2.26. The third kappa shape index (κ3) is 8.06. The summed E-state index contributed by atoms with van der Waals surface area (Å²) >= 11 is 3.38. The molecule has 0 saturated heterocycles. The van der Waals surface area contributed by atoms with Gasteiger partial charge in [0.05, 0.1) is 17.7 Å². The SMILES string of the molecule is CCCCNC(=O)[C@@H](C)N(Cc1ccc(OC)cc1)C(=O)CN(c1ccc(Br)cc1)S(=O)(=O)c1ccccc1. The van der Waals surface area contributed by atoms with E-state index in [2.05, 4.69) is 21.2 Å². The molecular weight excluding hydrogens is 582 g/mol. The lowest BCUT2D eigenvalue weighted by molar-refractivity contribution is -0.139. The highest BCUT2D eigenvalue weighted by molar-refractivity contribution is 9.10. The van der Waals surface area contributed by atoms with E-state index in [1.807, 2.05) is 19.1 Å². The Balaban J connectivity index is 1.97. The highest BCUT2D eigenvalue weighted by Gasteiger charge is 2.32. The van der Waals surface area contributed by atoms with Crippen molar-refractivity contribution in [3.05, 3.63) is 88.9 Å². The molecule has 8 nitrogen and oxygen atoms in total. The Bertz CT molecular complexity index is 1330. The normalized spacial score (nSPS) is 11.9. The van der Waals surface area contributed by atoms with Gasteiger partial charge in [-0.2, -0.15) is 0 Å². The van der Waals surface area contributed by atoms with E-state index in [-0.39, 0.29) is 17.3 Å². The molecular formula is C29H34BrN3O5S. The van der Waals surface area contributed by atoms with Crippen LogP contribution in [0.15, 0.2) is 88.2 Å². The van der Waals surface area contributed by atoms with Crippen molar-refractivity contribution in [3.8, 4) is 5.75 Å². The van der Waals surface area contributed by atoms with Crippen LogP contribution in [0.25, 0.3) is 0 Å². The molecule has 39 heavy (non-hydrogen) atoms. The minimum absolute atomic E-state index is 0.0628. The fourth-order valence-corrected chi connectivity index (χ4v) is 5.60. The highest BCUT2D eigenvalue weighted by atomic mass is 79.9. The van der Waals surface area contributed by atoms with Crippen LogP contribution in [-0.2, 0) is 26.2 Å². The summed E-state index contributed by atoms with van der Waals surface area (Å²) < 4.78 is 34.6. The molecule has 0 spiro atoms. The van der Waals surface area contributed by atoms with Crippen molar-refractivity contribution < 1.29 is 22.7 Å². The molecule has 208 valence electrons. The number of halogens is 1. The van der Waals surface area contributed by atoms with Crippen LogP contribution in [0, 0.1) is 0 Å².